The van der Waals surface area contributed by atoms with Crippen LogP contribution in [0.5, 0.6) is 0 Å². The van der Waals surface area contributed by atoms with Gasteiger partial charge in [-0.3, -0.25) is 9.52 Å². The van der Waals surface area contributed by atoms with Crippen molar-refractivity contribution in [2.45, 2.75) is 19.9 Å². The van der Waals surface area contributed by atoms with Gasteiger partial charge in [-0.2, -0.15) is 5.10 Å². The third kappa shape index (κ3) is 5.04. The standard InChI is InChI=1S/C24H23FN4O3S/c1-15-11-21(22(25)14-23(15)28-33(3,31)32)16(2)27-24(30)19-6-5-18-13-20(8-7-17(18)12-19)29-10-4-9-26-29/h4-14,16,28H,1-3H3,(H,27,30)/t16-/m1/s1. The predicted molar refractivity (Wildman–Crippen MR) is 127 cm³/mol. The first-order valence-corrected chi connectivity index (χ1v) is 12.1. The lowest BCUT2D eigenvalue weighted by atomic mass is 10.0. The summed E-state index contributed by atoms with van der Waals surface area (Å²) in [6, 6.07) is 15.1. The maximum Gasteiger partial charge on any atom is 0.251 e. The van der Waals surface area contributed by atoms with E-state index in [1.54, 1.807) is 36.9 Å². The topological polar surface area (TPSA) is 93.1 Å². The molecule has 4 rings (SSSR count). The minimum atomic E-state index is -3.53. The first-order chi connectivity index (χ1) is 15.6. The molecule has 0 saturated carbocycles. The Morgan fingerprint density at radius 2 is 1.82 bits per heavy atom. The van der Waals surface area contributed by atoms with E-state index >= 15 is 0 Å². The average Bonchev–Trinajstić information content (AvgIpc) is 3.29. The number of hydrogen-bond donors (Lipinski definition) is 2. The zero-order valence-corrected chi connectivity index (χ0v) is 19.2. The fraction of sp³-hybridized carbons (Fsp3) is 0.167. The Hall–Kier alpha value is -3.72. The highest BCUT2D eigenvalue weighted by Crippen LogP contribution is 2.26. The highest BCUT2D eigenvalue weighted by Gasteiger charge is 2.18. The van der Waals surface area contributed by atoms with E-state index in [9.17, 15) is 17.6 Å². The molecule has 0 unspecified atom stereocenters. The zero-order valence-electron chi connectivity index (χ0n) is 18.3. The molecular weight excluding hydrogens is 443 g/mol. The fourth-order valence-corrected chi connectivity index (χ4v) is 4.26. The van der Waals surface area contributed by atoms with Gasteiger partial charge < -0.3 is 5.32 Å². The molecule has 9 heteroatoms. The van der Waals surface area contributed by atoms with Crippen LogP contribution >= 0.6 is 0 Å². The molecule has 0 radical (unpaired) electrons. The number of nitrogens with zero attached hydrogens (tertiary/aromatic N) is 2. The van der Waals surface area contributed by atoms with Gasteiger partial charge in [0.25, 0.3) is 5.91 Å². The highest BCUT2D eigenvalue weighted by atomic mass is 32.2. The molecule has 4 aromatic rings. The largest absolute Gasteiger partial charge is 0.345 e. The molecule has 7 nitrogen and oxygen atoms in total. The number of benzene rings is 3. The maximum atomic E-state index is 14.7. The second-order valence-electron chi connectivity index (χ2n) is 7.95. The molecule has 0 fully saturated rings. The first-order valence-electron chi connectivity index (χ1n) is 10.2. The van der Waals surface area contributed by atoms with Crippen LogP contribution in [0.2, 0.25) is 0 Å². The summed E-state index contributed by atoms with van der Waals surface area (Å²) in [5, 5.41) is 8.89. The van der Waals surface area contributed by atoms with Crippen LogP contribution < -0.4 is 10.0 Å². The lowest BCUT2D eigenvalue weighted by molar-refractivity contribution is 0.0939. The average molecular weight is 467 g/mol. The molecule has 2 N–H and O–H groups in total. The summed E-state index contributed by atoms with van der Waals surface area (Å²) >= 11 is 0. The number of rotatable bonds is 6. The monoisotopic (exact) mass is 466 g/mol. The van der Waals surface area contributed by atoms with Gasteiger partial charge in [0.05, 0.1) is 23.7 Å². The molecular formula is C24H23FN4O3S. The summed E-state index contributed by atoms with van der Waals surface area (Å²) in [7, 11) is -3.53. The molecule has 170 valence electrons. The van der Waals surface area contributed by atoms with Crippen molar-refractivity contribution in [3.05, 3.63) is 89.5 Å². The van der Waals surface area contributed by atoms with Gasteiger partial charge in [-0.15, -0.1) is 0 Å². The van der Waals surface area contributed by atoms with Crippen LogP contribution in [0.3, 0.4) is 0 Å². The number of aryl methyl sites for hydroxylation is 1. The van der Waals surface area contributed by atoms with E-state index in [1.807, 2.05) is 36.5 Å². The summed E-state index contributed by atoms with van der Waals surface area (Å²) in [5.41, 5.74) is 2.36. The van der Waals surface area contributed by atoms with Gasteiger partial charge in [-0.05, 0) is 72.6 Å². The van der Waals surface area contributed by atoms with E-state index in [2.05, 4.69) is 15.1 Å². The molecule has 0 aliphatic heterocycles. The number of carbonyl (C=O) groups is 1. The number of aromatic nitrogens is 2. The summed E-state index contributed by atoms with van der Waals surface area (Å²) in [4.78, 5) is 12.8. The lowest BCUT2D eigenvalue weighted by Crippen LogP contribution is -2.27. The highest BCUT2D eigenvalue weighted by molar-refractivity contribution is 7.92. The quantitative estimate of drug-likeness (QED) is 0.442. The molecule has 3 aromatic carbocycles. The Kier molecular flexibility index (Phi) is 5.90. The van der Waals surface area contributed by atoms with Crippen LogP contribution in [0.15, 0.2) is 67.0 Å². The molecule has 1 atom stereocenters. The second kappa shape index (κ2) is 8.67. The van der Waals surface area contributed by atoms with E-state index in [1.165, 1.54) is 6.07 Å². The molecule has 0 bridgehead atoms. The van der Waals surface area contributed by atoms with E-state index < -0.39 is 21.9 Å². The predicted octanol–water partition coefficient (Wildman–Crippen LogP) is 4.34. The molecule has 1 aromatic heterocycles. The lowest BCUT2D eigenvalue weighted by Gasteiger charge is -2.18. The minimum absolute atomic E-state index is 0.168. The minimum Gasteiger partial charge on any atom is -0.345 e. The Morgan fingerprint density at radius 3 is 2.52 bits per heavy atom. The molecule has 0 aliphatic rings. The first kappa shape index (κ1) is 22.5. The van der Waals surface area contributed by atoms with E-state index in [4.69, 9.17) is 0 Å². The molecule has 33 heavy (non-hydrogen) atoms. The number of sulfonamides is 1. The van der Waals surface area contributed by atoms with Crippen LogP contribution in [-0.4, -0.2) is 30.4 Å². The van der Waals surface area contributed by atoms with Crippen LogP contribution in [-0.2, 0) is 10.0 Å². The summed E-state index contributed by atoms with van der Waals surface area (Å²) < 4.78 is 41.7. The van der Waals surface area contributed by atoms with Crippen LogP contribution in [0.25, 0.3) is 16.5 Å². The fourth-order valence-electron chi connectivity index (χ4n) is 3.64. The van der Waals surface area contributed by atoms with Crippen LogP contribution in [0, 0.1) is 12.7 Å². The number of nitrogens with one attached hydrogen (secondary N) is 2. The normalized spacial score (nSPS) is 12.5. The van der Waals surface area contributed by atoms with Gasteiger partial charge in [0.1, 0.15) is 5.82 Å². The van der Waals surface area contributed by atoms with Crippen molar-refractivity contribution in [2.24, 2.45) is 0 Å². The number of amides is 1. The van der Waals surface area contributed by atoms with Gasteiger partial charge in [0.15, 0.2) is 0 Å². The van der Waals surface area contributed by atoms with Crippen molar-refractivity contribution in [3.8, 4) is 5.69 Å². The smallest absolute Gasteiger partial charge is 0.251 e. The third-order valence-corrected chi connectivity index (χ3v) is 5.90. The molecule has 0 saturated heterocycles. The number of halogens is 1. The van der Waals surface area contributed by atoms with Crippen molar-refractivity contribution in [3.63, 3.8) is 0 Å². The summed E-state index contributed by atoms with van der Waals surface area (Å²) in [6.45, 7) is 3.35. The van der Waals surface area contributed by atoms with Crippen molar-refractivity contribution >= 4 is 32.4 Å². The van der Waals surface area contributed by atoms with Crippen LogP contribution in [0.1, 0.15) is 34.5 Å². The summed E-state index contributed by atoms with van der Waals surface area (Å²) in [6.07, 6.45) is 4.57. The Bertz CT molecular complexity index is 1450. The second-order valence-corrected chi connectivity index (χ2v) is 9.70. The zero-order chi connectivity index (χ0) is 23.8. The number of fused-ring (bicyclic) bond motifs is 1. The third-order valence-electron chi connectivity index (χ3n) is 5.31. The van der Waals surface area contributed by atoms with Crippen molar-refractivity contribution in [2.75, 3.05) is 11.0 Å². The number of carbonyl (C=O) groups excluding carboxylic acids is 1. The van der Waals surface area contributed by atoms with E-state index in [0.717, 1.165) is 28.8 Å². The van der Waals surface area contributed by atoms with E-state index in [-0.39, 0.29) is 17.2 Å². The van der Waals surface area contributed by atoms with Gasteiger partial charge in [-0.1, -0.05) is 12.1 Å². The Morgan fingerprint density at radius 1 is 1.09 bits per heavy atom. The van der Waals surface area contributed by atoms with Gasteiger partial charge in [0, 0.05) is 23.5 Å². The maximum absolute atomic E-state index is 14.7. The molecule has 0 aliphatic carbocycles. The Balaban J connectivity index is 1.54. The van der Waals surface area contributed by atoms with E-state index in [0.29, 0.717) is 11.1 Å². The van der Waals surface area contributed by atoms with Gasteiger partial charge in [-0.25, -0.2) is 17.5 Å². The SMILES string of the molecule is Cc1cc([C@@H](C)NC(=O)c2ccc3cc(-n4cccn4)ccc3c2)c(F)cc1NS(C)(=O)=O. The van der Waals surface area contributed by atoms with Crippen LogP contribution in [0.4, 0.5) is 10.1 Å². The van der Waals surface area contributed by atoms with Crippen molar-refractivity contribution in [1.29, 1.82) is 0 Å². The van der Waals surface area contributed by atoms with Crippen molar-refractivity contribution in [1.82, 2.24) is 15.1 Å². The summed E-state index contributed by atoms with van der Waals surface area (Å²) in [5.74, 6) is -0.944. The van der Waals surface area contributed by atoms with Gasteiger partial charge >= 0.3 is 0 Å². The van der Waals surface area contributed by atoms with Crippen molar-refractivity contribution < 1.29 is 17.6 Å². The molecule has 1 heterocycles. The number of anilines is 1. The van der Waals surface area contributed by atoms with Gasteiger partial charge in [0.2, 0.25) is 10.0 Å². The number of hydrogen-bond acceptors (Lipinski definition) is 4. The molecule has 1 amide bonds. The molecule has 0 spiro atoms. The Labute approximate surface area is 191 Å².